The highest BCUT2D eigenvalue weighted by Crippen LogP contribution is 2.44. The number of phenolic OH excluding ortho intramolecular Hbond substituents is 1. The van der Waals surface area contributed by atoms with E-state index in [-0.39, 0.29) is 23.9 Å². The van der Waals surface area contributed by atoms with Crippen molar-refractivity contribution in [1.82, 2.24) is 0 Å². The van der Waals surface area contributed by atoms with E-state index in [4.69, 9.17) is 18.9 Å². The fourth-order valence-electron chi connectivity index (χ4n) is 2.83. The second kappa shape index (κ2) is 6.31. The summed E-state index contributed by atoms with van der Waals surface area (Å²) in [6.45, 7) is 0.127. The van der Waals surface area contributed by atoms with Gasteiger partial charge >= 0.3 is 0 Å². The molecule has 1 atom stereocenters. The third kappa shape index (κ3) is 2.50. The van der Waals surface area contributed by atoms with E-state index in [2.05, 4.69) is 0 Å². The standard InChI is InChI=1S/C18H18O6/c1-21-10-4-5-12-15(8-10)24-9-13(16(12)19)11-6-7-14(22-2)18(23-3)17(11)20/h4-8,13,20H,9H2,1-3H3. The van der Waals surface area contributed by atoms with Gasteiger partial charge in [0.1, 0.15) is 18.1 Å². The molecule has 0 aromatic heterocycles. The molecule has 0 amide bonds. The van der Waals surface area contributed by atoms with Gasteiger partial charge in [-0.3, -0.25) is 4.79 Å². The van der Waals surface area contributed by atoms with Crippen LogP contribution in [-0.2, 0) is 0 Å². The average Bonchev–Trinajstić information content (AvgIpc) is 2.61. The zero-order chi connectivity index (χ0) is 17.3. The van der Waals surface area contributed by atoms with Crippen LogP contribution in [0.4, 0.5) is 0 Å². The van der Waals surface area contributed by atoms with Crippen LogP contribution in [0.3, 0.4) is 0 Å². The summed E-state index contributed by atoms with van der Waals surface area (Å²) in [5.41, 5.74) is 0.903. The number of aromatic hydroxyl groups is 1. The van der Waals surface area contributed by atoms with Crippen molar-refractivity contribution in [3.05, 3.63) is 41.5 Å². The highest BCUT2D eigenvalue weighted by atomic mass is 16.5. The maximum absolute atomic E-state index is 12.8. The molecule has 0 radical (unpaired) electrons. The van der Waals surface area contributed by atoms with E-state index in [1.807, 2.05) is 0 Å². The van der Waals surface area contributed by atoms with E-state index in [9.17, 15) is 9.90 Å². The molecule has 1 heterocycles. The van der Waals surface area contributed by atoms with E-state index in [1.165, 1.54) is 14.2 Å². The summed E-state index contributed by atoms with van der Waals surface area (Å²) in [5.74, 6) is 0.837. The van der Waals surface area contributed by atoms with Crippen LogP contribution < -0.4 is 18.9 Å². The molecule has 6 nitrogen and oxygen atoms in total. The molecule has 3 rings (SSSR count). The minimum atomic E-state index is -0.620. The van der Waals surface area contributed by atoms with E-state index in [0.29, 0.717) is 28.4 Å². The van der Waals surface area contributed by atoms with E-state index >= 15 is 0 Å². The summed E-state index contributed by atoms with van der Waals surface area (Å²) in [6.07, 6.45) is 0. The number of benzene rings is 2. The topological polar surface area (TPSA) is 74.2 Å². The molecule has 2 aromatic rings. The highest BCUT2D eigenvalue weighted by Gasteiger charge is 2.33. The van der Waals surface area contributed by atoms with Gasteiger partial charge in [0.15, 0.2) is 17.3 Å². The zero-order valence-electron chi connectivity index (χ0n) is 13.7. The van der Waals surface area contributed by atoms with Crippen LogP contribution in [0.15, 0.2) is 30.3 Å². The van der Waals surface area contributed by atoms with Crippen LogP contribution in [0, 0.1) is 0 Å². The number of phenols is 1. The number of hydrogen-bond acceptors (Lipinski definition) is 6. The summed E-state index contributed by atoms with van der Waals surface area (Å²) in [5, 5.41) is 10.5. The van der Waals surface area contributed by atoms with Gasteiger partial charge < -0.3 is 24.1 Å². The van der Waals surface area contributed by atoms with Gasteiger partial charge in [0.25, 0.3) is 0 Å². The molecule has 1 aliphatic heterocycles. The lowest BCUT2D eigenvalue weighted by molar-refractivity contribution is 0.0893. The van der Waals surface area contributed by atoms with Crippen molar-refractivity contribution in [3.63, 3.8) is 0 Å². The summed E-state index contributed by atoms with van der Waals surface area (Å²) in [6, 6.07) is 8.36. The first-order valence-electron chi connectivity index (χ1n) is 7.39. The Kier molecular flexibility index (Phi) is 4.20. The SMILES string of the molecule is COc1ccc2c(c1)OCC(c1ccc(OC)c(OC)c1O)C2=O. The maximum Gasteiger partial charge on any atom is 0.203 e. The number of ketones is 1. The smallest absolute Gasteiger partial charge is 0.203 e. The average molecular weight is 330 g/mol. The first-order chi connectivity index (χ1) is 11.6. The van der Waals surface area contributed by atoms with Crippen LogP contribution in [-0.4, -0.2) is 38.8 Å². The van der Waals surface area contributed by atoms with Gasteiger partial charge in [-0.2, -0.15) is 0 Å². The molecule has 2 aromatic carbocycles. The molecule has 0 saturated heterocycles. The fourth-order valence-corrected chi connectivity index (χ4v) is 2.83. The monoisotopic (exact) mass is 330 g/mol. The van der Waals surface area contributed by atoms with Crippen molar-refractivity contribution in [2.24, 2.45) is 0 Å². The number of rotatable bonds is 4. The Hall–Kier alpha value is -2.89. The normalized spacial score (nSPS) is 16.1. The molecule has 1 aliphatic rings. The summed E-state index contributed by atoms with van der Waals surface area (Å²) < 4.78 is 21.2. The van der Waals surface area contributed by atoms with Crippen LogP contribution in [0.25, 0.3) is 0 Å². The molecular weight excluding hydrogens is 312 g/mol. The predicted molar refractivity (Wildman–Crippen MR) is 86.8 cm³/mol. The Morgan fingerprint density at radius 3 is 2.54 bits per heavy atom. The molecule has 0 aliphatic carbocycles. The van der Waals surface area contributed by atoms with Gasteiger partial charge in [-0.15, -0.1) is 0 Å². The number of carbonyl (C=O) groups excluding carboxylic acids is 1. The molecule has 0 saturated carbocycles. The largest absolute Gasteiger partial charge is 0.504 e. The minimum absolute atomic E-state index is 0.115. The lowest BCUT2D eigenvalue weighted by Crippen LogP contribution is -2.26. The fraction of sp³-hybridized carbons (Fsp3) is 0.278. The Morgan fingerprint density at radius 1 is 1.08 bits per heavy atom. The number of carbonyl (C=O) groups is 1. The van der Waals surface area contributed by atoms with Crippen LogP contribution >= 0.6 is 0 Å². The Labute approximate surface area is 139 Å². The Bertz CT molecular complexity index is 783. The molecule has 1 unspecified atom stereocenters. The third-order valence-electron chi connectivity index (χ3n) is 4.10. The summed E-state index contributed by atoms with van der Waals surface area (Å²) in [7, 11) is 4.47. The maximum atomic E-state index is 12.8. The van der Waals surface area contributed by atoms with Gasteiger partial charge in [0, 0.05) is 11.6 Å². The van der Waals surface area contributed by atoms with Gasteiger partial charge in [0.2, 0.25) is 5.75 Å². The minimum Gasteiger partial charge on any atom is -0.504 e. The van der Waals surface area contributed by atoms with Crippen molar-refractivity contribution >= 4 is 5.78 Å². The van der Waals surface area contributed by atoms with Crippen molar-refractivity contribution in [2.45, 2.75) is 5.92 Å². The highest BCUT2D eigenvalue weighted by molar-refractivity contribution is 6.04. The zero-order valence-corrected chi connectivity index (χ0v) is 13.7. The van der Waals surface area contributed by atoms with E-state index in [0.717, 1.165) is 0 Å². The second-order valence-corrected chi connectivity index (χ2v) is 5.33. The Morgan fingerprint density at radius 2 is 1.88 bits per heavy atom. The predicted octanol–water partition coefficient (Wildman–Crippen LogP) is 2.78. The van der Waals surface area contributed by atoms with Crippen molar-refractivity contribution in [2.75, 3.05) is 27.9 Å². The molecule has 24 heavy (non-hydrogen) atoms. The van der Waals surface area contributed by atoms with E-state index < -0.39 is 5.92 Å². The molecule has 126 valence electrons. The van der Waals surface area contributed by atoms with Crippen molar-refractivity contribution < 1.29 is 28.8 Å². The first kappa shape index (κ1) is 16.0. The number of fused-ring (bicyclic) bond motifs is 1. The van der Waals surface area contributed by atoms with Crippen LogP contribution in [0.1, 0.15) is 21.8 Å². The second-order valence-electron chi connectivity index (χ2n) is 5.33. The molecule has 0 fully saturated rings. The van der Waals surface area contributed by atoms with Gasteiger partial charge in [0.05, 0.1) is 32.8 Å². The third-order valence-corrected chi connectivity index (χ3v) is 4.10. The number of Topliss-reactive ketones (excluding diaryl/α,β-unsaturated/α-hetero) is 1. The van der Waals surface area contributed by atoms with Crippen LogP contribution in [0.5, 0.6) is 28.7 Å². The number of ether oxygens (including phenoxy) is 4. The van der Waals surface area contributed by atoms with Gasteiger partial charge in [-0.05, 0) is 18.2 Å². The first-order valence-corrected chi connectivity index (χ1v) is 7.39. The van der Waals surface area contributed by atoms with Gasteiger partial charge in [-0.25, -0.2) is 0 Å². The van der Waals surface area contributed by atoms with Crippen molar-refractivity contribution in [3.8, 4) is 28.7 Å². The number of hydrogen-bond donors (Lipinski definition) is 1. The lowest BCUT2D eigenvalue weighted by Gasteiger charge is -2.26. The van der Waals surface area contributed by atoms with Gasteiger partial charge in [-0.1, -0.05) is 6.07 Å². The molecule has 6 heteroatoms. The summed E-state index contributed by atoms with van der Waals surface area (Å²) >= 11 is 0. The number of methoxy groups -OCH3 is 3. The van der Waals surface area contributed by atoms with Crippen LogP contribution in [0.2, 0.25) is 0 Å². The Balaban J connectivity index is 2.01. The molecule has 1 N–H and O–H groups in total. The van der Waals surface area contributed by atoms with E-state index in [1.54, 1.807) is 37.4 Å². The molecule has 0 spiro atoms. The summed E-state index contributed by atoms with van der Waals surface area (Å²) in [4.78, 5) is 12.8. The van der Waals surface area contributed by atoms with Crippen molar-refractivity contribution in [1.29, 1.82) is 0 Å². The quantitative estimate of drug-likeness (QED) is 0.929. The molecule has 0 bridgehead atoms. The lowest BCUT2D eigenvalue weighted by atomic mass is 9.88. The molecular formula is C18H18O6.